The molecule has 64 valence electrons. The van der Waals surface area contributed by atoms with E-state index in [4.69, 9.17) is 0 Å². The van der Waals surface area contributed by atoms with Gasteiger partial charge in [0.25, 0.3) is 0 Å². The second-order valence-corrected chi connectivity index (χ2v) is 3.38. The third kappa shape index (κ3) is 6.05. The maximum absolute atomic E-state index is 2.30. The maximum Gasteiger partial charge on any atom is 0.0779 e. The van der Waals surface area contributed by atoms with Gasteiger partial charge in [0.1, 0.15) is 0 Å². The lowest BCUT2D eigenvalue weighted by atomic mass is 10.3. The molecule has 0 saturated carbocycles. The van der Waals surface area contributed by atoms with Crippen LogP contribution in [0.5, 0.6) is 0 Å². The minimum absolute atomic E-state index is 0. The molecule has 10 heavy (non-hydrogen) atoms. The van der Waals surface area contributed by atoms with Crippen molar-refractivity contribution in [2.45, 2.75) is 26.7 Å². The molecule has 2 nitrogen and oxygen atoms in total. The standard InChI is InChI=1S/C8H20N.H3N/c1-5-7-9(3,4)8-6-2;/h5-8H2,1-4H3;1H3/q+1;. The van der Waals surface area contributed by atoms with Crippen LogP contribution in [-0.2, 0) is 0 Å². The zero-order chi connectivity index (χ0) is 7.33. The Morgan fingerprint density at radius 2 is 1.20 bits per heavy atom. The van der Waals surface area contributed by atoms with Crippen LogP contribution in [0.15, 0.2) is 0 Å². The molecule has 0 atom stereocenters. The highest BCUT2D eigenvalue weighted by Gasteiger charge is 2.09. The van der Waals surface area contributed by atoms with Gasteiger partial charge in [0.2, 0.25) is 0 Å². The van der Waals surface area contributed by atoms with E-state index in [1.165, 1.54) is 30.4 Å². The molecular weight excluding hydrogens is 124 g/mol. The van der Waals surface area contributed by atoms with Crippen LogP contribution in [0, 0.1) is 0 Å². The fraction of sp³-hybridized carbons (Fsp3) is 1.00. The molecule has 0 aliphatic heterocycles. The second kappa shape index (κ2) is 5.69. The van der Waals surface area contributed by atoms with Crippen LogP contribution in [0.3, 0.4) is 0 Å². The van der Waals surface area contributed by atoms with Gasteiger partial charge in [0.15, 0.2) is 0 Å². The smallest absolute Gasteiger partial charge is 0.0779 e. The Hall–Kier alpha value is -0.0800. The minimum atomic E-state index is 0. The number of nitrogens with zero attached hydrogens (tertiary/aromatic N) is 1. The van der Waals surface area contributed by atoms with Crippen LogP contribution in [0.2, 0.25) is 0 Å². The van der Waals surface area contributed by atoms with Gasteiger partial charge >= 0.3 is 0 Å². The van der Waals surface area contributed by atoms with Gasteiger partial charge in [-0.1, -0.05) is 13.8 Å². The normalized spacial score (nSPS) is 10.8. The largest absolute Gasteiger partial charge is 0.344 e. The molecule has 0 spiro atoms. The molecule has 0 bridgehead atoms. The molecule has 0 aliphatic carbocycles. The number of hydrogen-bond acceptors (Lipinski definition) is 1. The molecule has 0 amide bonds. The lowest BCUT2D eigenvalue weighted by Crippen LogP contribution is -2.40. The zero-order valence-corrected chi connectivity index (χ0v) is 7.98. The van der Waals surface area contributed by atoms with Gasteiger partial charge in [-0.2, -0.15) is 0 Å². The third-order valence-corrected chi connectivity index (χ3v) is 1.66. The lowest BCUT2D eigenvalue weighted by Gasteiger charge is -2.28. The van der Waals surface area contributed by atoms with Crippen molar-refractivity contribution in [3.8, 4) is 0 Å². The predicted molar refractivity (Wildman–Crippen MR) is 47.4 cm³/mol. The molecule has 0 aromatic heterocycles. The Labute approximate surface area is 65.4 Å². The van der Waals surface area contributed by atoms with Crippen LogP contribution in [0.25, 0.3) is 0 Å². The predicted octanol–water partition coefficient (Wildman–Crippen LogP) is 2.04. The topological polar surface area (TPSA) is 35.0 Å². The van der Waals surface area contributed by atoms with E-state index in [1.807, 2.05) is 0 Å². The average Bonchev–Trinajstić information content (AvgIpc) is 1.64. The highest BCUT2D eigenvalue weighted by molar-refractivity contribution is 4.30. The summed E-state index contributed by atoms with van der Waals surface area (Å²) < 4.78 is 1.19. The van der Waals surface area contributed by atoms with E-state index in [1.54, 1.807) is 0 Å². The highest BCUT2D eigenvalue weighted by atomic mass is 15.3. The van der Waals surface area contributed by atoms with Gasteiger partial charge in [-0.15, -0.1) is 0 Å². The van der Waals surface area contributed by atoms with E-state index >= 15 is 0 Å². The Balaban J connectivity index is 0. The van der Waals surface area contributed by atoms with E-state index in [0.717, 1.165) is 0 Å². The Bertz CT molecular complexity index is 61.7. The van der Waals surface area contributed by atoms with E-state index in [0.29, 0.717) is 0 Å². The fourth-order valence-electron chi connectivity index (χ4n) is 1.32. The second-order valence-electron chi connectivity index (χ2n) is 3.38. The summed E-state index contributed by atoms with van der Waals surface area (Å²) >= 11 is 0. The molecule has 0 unspecified atom stereocenters. The number of rotatable bonds is 4. The first-order valence-electron chi connectivity index (χ1n) is 3.94. The first-order valence-corrected chi connectivity index (χ1v) is 3.94. The van der Waals surface area contributed by atoms with E-state index in [-0.39, 0.29) is 6.15 Å². The van der Waals surface area contributed by atoms with Crippen LogP contribution >= 0.6 is 0 Å². The molecule has 0 heterocycles. The van der Waals surface area contributed by atoms with Gasteiger partial charge in [0.05, 0.1) is 27.2 Å². The van der Waals surface area contributed by atoms with Crippen LogP contribution < -0.4 is 6.15 Å². The molecule has 0 fully saturated rings. The van der Waals surface area contributed by atoms with Crippen molar-refractivity contribution in [1.29, 1.82) is 0 Å². The summed E-state index contributed by atoms with van der Waals surface area (Å²) in [7, 11) is 4.60. The molecule has 2 heteroatoms. The van der Waals surface area contributed by atoms with E-state index < -0.39 is 0 Å². The molecule has 0 aliphatic rings. The minimum Gasteiger partial charge on any atom is -0.344 e. The van der Waals surface area contributed by atoms with Crippen molar-refractivity contribution in [2.24, 2.45) is 0 Å². The summed E-state index contributed by atoms with van der Waals surface area (Å²) in [5, 5.41) is 0. The monoisotopic (exact) mass is 147 g/mol. The maximum atomic E-state index is 2.30. The van der Waals surface area contributed by atoms with Crippen molar-refractivity contribution in [2.75, 3.05) is 27.2 Å². The van der Waals surface area contributed by atoms with Gasteiger partial charge < -0.3 is 10.6 Å². The number of hydrogen-bond donors (Lipinski definition) is 1. The summed E-state index contributed by atoms with van der Waals surface area (Å²) in [5.41, 5.74) is 0. The van der Waals surface area contributed by atoms with Gasteiger partial charge in [-0.3, -0.25) is 0 Å². The van der Waals surface area contributed by atoms with Gasteiger partial charge in [0, 0.05) is 0 Å². The van der Waals surface area contributed by atoms with E-state index in [2.05, 4.69) is 27.9 Å². The Kier molecular flexibility index (Phi) is 7.15. The van der Waals surface area contributed by atoms with E-state index in [9.17, 15) is 0 Å². The van der Waals surface area contributed by atoms with Crippen molar-refractivity contribution in [3.05, 3.63) is 0 Å². The van der Waals surface area contributed by atoms with Crippen molar-refractivity contribution >= 4 is 0 Å². The lowest BCUT2D eigenvalue weighted by molar-refractivity contribution is -0.890. The highest BCUT2D eigenvalue weighted by Crippen LogP contribution is 1.99. The number of quaternary nitrogens is 1. The molecule has 3 N–H and O–H groups in total. The van der Waals surface area contributed by atoms with Gasteiger partial charge in [-0.25, -0.2) is 0 Å². The summed E-state index contributed by atoms with van der Waals surface area (Å²) in [6, 6.07) is 0. The van der Waals surface area contributed by atoms with Crippen LogP contribution in [0.4, 0.5) is 0 Å². The molecule has 0 saturated heterocycles. The fourth-order valence-corrected chi connectivity index (χ4v) is 1.32. The third-order valence-electron chi connectivity index (χ3n) is 1.66. The molecule has 0 aromatic carbocycles. The van der Waals surface area contributed by atoms with Crippen LogP contribution in [-0.4, -0.2) is 31.7 Å². The summed E-state index contributed by atoms with van der Waals surface area (Å²) in [4.78, 5) is 0. The molecule has 0 rings (SSSR count). The average molecular weight is 147 g/mol. The molecular formula is C8H23N2+. The summed E-state index contributed by atoms with van der Waals surface area (Å²) in [6.45, 7) is 7.12. The molecule has 0 aromatic rings. The van der Waals surface area contributed by atoms with Crippen LogP contribution in [0.1, 0.15) is 26.7 Å². The van der Waals surface area contributed by atoms with Crippen molar-refractivity contribution in [1.82, 2.24) is 6.15 Å². The van der Waals surface area contributed by atoms with Gasteiger partial charge in [-0.05, 0) is 12.8 Å². The first kappa shape index (κ1) is 12.6. The first-order chi connectivity index (χ1) is 4.12. The summed E-state index contributed by atoms with van der Waals surface area (Å²) in [6.07, 6.45) is 2.60. The van der Waals surface area contributed by atoms with Crippen molar-refractivity contribution < 1.29 is 4.48 Å². The quantitative estimate of drug-likeness (QED) is 0.607. The van der Waals surface area contributed by atoms with Crippen molar-refractivity contribution in [3.63, 3.8) is 0 Å². The Morgan fingerprint density at radius 1 is 0.900 bits per heavy atom. The SMILES string of the molecule is CCC[N+](C)(C)CCC.N. The molecule has 0 radical (unpaired) electrons. The zero-order valence-electron chi connectivity index (χ0n) is 7.98. The Morgan fingerprint density at radius 3 is 1.40 bits per heavy atom. The summed E-state index contributed by atoms with van der Waals surface area (Å²) in [5.74, 6) is 0.